The number of hydrogen-bond acceptors (Lipinski definition) is 7. The number of quaternary nitrogens is 1. The molecular formula is C23H29NO7. The highest BCUT2D eigenvalue weighted by Gasteiger charge is 2.50. The second kappa shape index (κ2) is 9.86. The van der Waals surface area contributed by atoms with E-state index < -0.39 is 36.6 Å². The van der Waals surface area contributed by atoms with E-state index >= 15 is 0 Å². The fourth-order valence-electron chi connectivity index (χ4n) is 3.81. The summed E-state index contributed by atoms with van der Waals surface area (Å²) in [4.78, 5) is 11.3. The van der Waals surface area contributed by atoms with Crippen LogP contribution in [0.1, 0.15) is 17.2 Å². The Bertz CT molecular complexity index is 806. The third kappa shape index (κ3) is 5.30. The van der Waals surface area contributed by atoms with Crippen LogP contribution in [0.2, 0.25) is 0 Å². The number of nitrogens with zero attached hydrogens (tertiary/aromatic N) is 1. The van der Waals surface area contributed by atoms with Gasteiger partial charge >= 0.3 is 0 Å². The molecule has 0 spiro atoms. The van der Waals surface area contributed by atoms with Crippen molar-refractivity contribution in [2.75, 3.05) is 27.2 Å². The largest absolute Gasteiger partial charge is 0.547 e. The zero-order chi connectivity index (χ0) is 22.6. The minimum atomic E-state index is -1.77. The van der Waals surface area contributed by atoms with Crippen LogP contribution in [0.4, 0.5) is 0 Å². The molecule has 8 heteroatoms. The molecule has 0 amide bonds. The quantitative estimate of drug-likeness (QED) is 0.479. The van der Waals surface area contributed by atoms with Gasteiger partial charge in [0.15, 0.2) is 6.10 Å². The number of ether oxygens (including phenoxy) is 2. The molecule has 1 saturated heterocycles. The standard InChI is InChI=1S/C23H29NO7/c1-24(2,22-19(27)17(25)18(26)21(31-22)23(28)29)13-14-30-20(15-9-5-3-6-10-15)16-11-7-4-8-12-16/h3-12,17-22,25-27H,13-14H2,1-2H3/t17?,18-,19?,21?,22+/m0/s1. The summed E-state index contributed by atoms with van der Waals surface area (Å²) in [5.74, 6) is -1.65. The first kappa shape index (κ1) is 23.3. The predicted molar refractivity (Wildman–Crippen MR) is 109 cm³/mol. The fourth-order valence-corrected chi connectivity index (χ4v) is 3.81. The summed E-state index contributed by atoms with van der Waals surface area (Å²) in [5.41, 5.74) is 1.98. The smallest absolute Gasteiger partial charge is 0.222 e. The third-order valence-electron chi connectivity index (χ3n) is 5.67. The maximum atomic E-state index is 11.3. The summed E-state index contributed by atoms with van der Waals surface area (Å²) < 4.78 is 11.6. The zero-order valence-corrected chi connectivity index (χ0v) is 17.6. The van der Waals surface area contributed by atoms with E-state index in [1.54, 1.807) is 14.1 Å². The molecule has 1 aliphatic rings. The molecule has 0 radical (unpaired) electrons. The minimum absolute atomic E-state index is 0.00499. The average molecular weight is 431 g/mol. The highest BCUT2D eigenvalue weighted by atomic mass is 16.6. The number of aliphatic hydroxyl groups excluding tert-OH is 3. The highest BCUT2D eigenvalue weighted by Crippen LogP contribution is 2.28. The molecule has 8 nitrogen and oxygen atoms in total. The molecule has 0 aliphatic carbocycles. The van der Waals surface area contributed by atoms with E-state index in [2.05, 4.69) is 0 Å². The Morgan fingerprint density at radius 3 is 1.97 bits per heavy atom. The number of likely N-dealkylation sites (N-methyl/N-ethyl adjacent to an activating group) is 1. The predicted octanol–water partition coefficient (Wildman–Crippen LogP) is -0.573. The van der Waals surface area contributed by atoms with E-state index in [1.165, 1.54) is 0 Å². The van der Waals surface area contributed by atoms with Crippen molar-refractivity contribution in [3.8, 4) is 0 Å². The van der Waals surface area contributed by atoms with Crippen LogP contribution in [0.25, 0.3) is 0 Å². The first-order valence-electron chi connectivity index (χ1n) is 10.2. The van der Waals surface area contributed by atoms with Crippen molar-refractivity contribution >= 4 is 5.97 Å². The van der Waals surface area contributed by atoms with Crippen LogP contribution in [0, 0.1) is 0 Å². The van der Waals surface area contributed by atoms with Crippen LogP contribution in [-0.2, 0) is 14.3 Å². The molecule has 1 fully saturated rings. The SMILES string of the molecule is C[N+](C)(CCOC(c1ccccc1)c1ccccc1)[C@@H]1OC(C(=O)[O-])[C@@H](O)C(O)C1O. The number of carbonyl (C=O) groups is 1. The summed E-state index contributed by atoms with van der Waals surface area (Å²) in [5, 5.41) is 41.7. The number of carboxylic acid groups (broad SMARTS) is 1. The normalized spacial score (nSPS) is 26.7. The van der Waals surface area contributed by atoms with Gasteiger partial charge in [-0.15, -0.1) is 0 Å². The van der Waals surface area contributed by atoms with Crippen molar-refractivity contribution in [1.82, 2.24) is 0 Å². The lowest BCUT2D eigenvalue weighted by Gasteiger charge is -2.47. The van der Waals surface area contributed by atoms with Crippen molar-refractivity contribution in [3.63, 3.8) is 0 Å². The molecule has 1 aliphatic heterocycles. The molecular weight excluding hydrogens is 402 g/mol. The van der Waals surface area contributed by atoms with Gasteiger partial charge in [0.1, 0.15) is 31.0 Å². The van der Waals surface area contributed by atoms with Crippen molar-refractivity contribution in [1.29, 1.82) is 0 Å². The van der Waals surface area contributed by atoms with Gasteiger partial charge in [-0.05, 0) is 11.1 Å². The topological polar surface area (TPSA) is 119 Å². The Morgan fingerprint density at radius 2 is 1.48 bits per heavy atom. The second-order valence-electron chi connectivity index (χ2n) is 8.31. The second-order valence-corrected chi connectivity index (χ2v) is 8.31. The van der Waals surface area contributed by atoms with Crippen molar-refractivity contribution in [2.45, 2.75) is 36.7 Å². The zero-order valence-electron chi connectivity index (χ0n) is 17.6. The molecule has 5 atom stereocenters. The van der Waals surface area contributed by atoms with Crippen molar-refractivity contribution in [3.05, 3.63) is 71.8 Å². The third-order valence-corrected chi connectivity index (χ3v) is 5.67. The molecule has 0 aromatic heterocycles. The first-order chi connectivity index (χ1) is 14.7. The van der Waals surface area contributed by atoms with Gasteiger partial charge in [-0.1, -0.05) is 60.7 Å². The lowest BCUT2D eigenvalue weighted by Crippen LogP contribution is -2.69. The number of aliphatic hydroxyl groups is 3. The van der Waals surface area contributed by atoms with Gasteiger partial charge in [0.25, 0.3) is 0 Å². The Hall–Kier alpha value is -2.33. The molecule has 31 heavy (non-hydrogen) atoms. The number of carbonyl (C=O) groups excluding carboxylic acids is 1. The molecule has 1 heterocycles. The molecule has 2 aromatic rings. The summed E-state index contributed by atoms with van der Waals surface area (Å²) in [6, 6.07) is 19.5. The maximum absolute atomic E-state index is 11.3. The van der Waals surface area contributed by atoms with Crippen LogP contribution in [0.3, 0.4) is 0 Å². The molecule has 3 rings (SSSR count). The van der Waals surface area contributed by atoms with Crippen molar-refractivity contribution in [2.24, 2.45) is 0 Å². The van der Waals surface area contributed by atoms with Gasteiger partial charge in [0, 0.05) is 0 Å². The lowest BCUT2D eigenvalue weighted by molar-refractivity contribution is -0.945. The summed E-state index contributed by atoms with van der Waals surface area (Å²) in [7, 11) is 3.46. The van der Waals surface area contributed by atoms with Gasteiger partial charge in [-0.25, -0.2) is 0 Å². The van der Waals surface area contributed by atoms with Crippen LogP contribution in [0.15, 0.2) is 60.7 Å². The van der Waals surface area contributed by atoms with Gasteiger partial charge in [0.2, 0.25) is 6.23 Å². The molecule has 0 saturated carbocycles. The molecule has 2 aromatic carbocycles. The number of hydrogen-bond donors (Lipinski definition) is 3. The van der Waals surface area contributed by atoms with Crippen LogP contribution in [-0.4, -0.2) is 83.7 Å². The van der Waals surface area contributed by atoms with Gasteiger partial charge in [0.05, 0.1) is 26.7 Å². The monoisotopic (exact) mass is 431 g/mol. The van der Waals surface area contributed by atoms with Gasteiger partial charge in [-0.2, -0.15) is 0 Å². The number of aliphatic carboxylic acids is 1. The Labute approximate surface area is 181 Å². The fraction of sp³-hybridized carbons (Fsp3) is 0.435. The number of carboxylic acids is 1. The van der Waals surface area contributed by atoms with Crippen LogP contribution >= 0.6 is 0 Å². The number of benzene rings is 2. The highest BCUT2D eigenvalue weighted by molar-refractivity contribution is 5.71. The Balaban J connectivity index is 1.71. The Kier molecular flexibility index (Phi) is 7.42. The number of rotatable bonds is 8. The van der Waals surface area contributed by atoms with E-state index in [9.17, 15) is 25.2 Å². The summed E-state index contributed by atoms with van der Waals surface area (Å²) in [6.07, 6.45) is -8.03. The molecule has 168 valence electrons. The lowest BCUT2D eigenvalue weighted by atomic mass is 9.97. The van der Waals surface area contributed by atoms with E-state index in [4.69, 9.17) is 9.47 Å². The molecule has 3 unspecified atom stereocenters. The molecule has 0 bridgehead atoms. The van der Waals surface area contributed by atoms with E-state index in [0.29, 0.717) is 6.54 Å². The summed E-state index contributed by atoms with van der Waals surface area (Å²) in [6.45, 7) is 0.614. The van der Waals surface area contributed by atoms with Gasteiger partial charge < -0.3 is 34.7 Å². The van der Waals surface area contributed by atoms with E-state index in [-0.39, 0.29) is 17.2 Å². The molecule has 3 N–H and O–H groups in total. The van der Waals surface area contributed by atoms with Crippen molar-refractivity contribution < 1.29 is 39.2 Å². The minimum Gasteiger partial charge on any atom is -0.547 e. The Morgan fingerprint density at radius 1 is 0.968 bits per heavy atom. The maximum Gasteiger partial charge on any atom is 0.222 e. The average Bonchev–Trinajstić information content (AvgIpc) is 2.76. The van der Waals surface area contributed by atoms with E-state index in [0.717, 1.165) is 11.1 Å². The van der Waals surface area contributed by atoms with E-state index in [1.807, 2.05) is 60.7 Å². The first-order valence-corrected chi connectivity index (χ1v) is 10.2. The van der Waals surface area contributed by atoms with Crippen LogP contribution < -0.4 is 5.11 Å². The van der Waals surface area contributed by atoms with Gasteiger partial charge in [-0.3, -0.25) is 4.48 Å². The van der Waals surface area contributed by atoms with Crippen LogP contribution in [0.5, 0.6) is 0 Å². The summed E-state index contributed by atoms with van der Waals surface area (Å²) >= 11 is 0.